The Labute approximate surface area is 87.8 Å². The van der Waals surface area contributed by atoms with Gasteiger partial charge < -0.3 is 5.32 Å². The van der Waals surface area contributed by atoms with Crippen LogP contribution in [-0.2, 0) is 6.54 Å². The second-order valence-corrected chi connectivity index (χ2v) is 4.23. The first kappa shape index (κ1) is 9.68. The van der Waals surface area contributed by atoms with Gasteiger partial charge in [-0.2, -0.15) is 0 Å². The normalized spacial score (nSPS) is 11.2. The smallest absolute Gasteiger partial charge is 0.193 e. The monoisotopic (exact) mass is 209 g/mol. The van der Waals surface area contributed by atoms with Crippen LogP contribution in [0.15, 0.2) is 17.8 Å². The first-order chi connectivity index (χ1) is 6.90. The Hall–Kier alpha value is -0.870. The van der Waals surface area contributed by atoms with E-state index in [1.807, 2.05) is 6.20 Å². The number of unbranched alkanes of at least 4 members (excludes halogenated alkanes) is 1. The van der Waals surface area contributed by atoms with Crippen LogP contribution >= 0.6 is 11.3 Å². The lowest BCUT2D eigenvalue weighted by molar-refractivity contribution is 0.635. The Bertz CT molecular complexity index is 362. The van der Waals surface area contributed by atoms with E-state index in [4.69, 9.17) is 0 Å². The van der Waals surface area contributed by atoms with Crippen molar-refractivity contribution < 1.29 is 0 Å². The van der Waals surface area contributed by atoms with E-state index >= 15 is 0 Å². The van der Waals surface area contributed by atoms with Crippen LogP contribution in [0.25, 0.3) is 4.96 Å². The van der Waals surface area contributed by atoms with E-state index in [2.05, 4.69) is 33.2 Å². The highest BCUT2D eigenvalue weighted by Gasteiger charge is 2.00. The van der Waals surface area contributed by atoms with Crippen molar-refractivity contribution in [3.05, 3.63) is 23.5 Å². The van der Waals surface area contributed by atoms with Gasteiger partial charge in [0.2, 0.25) is 0 Å². The fraction of sp³-hybridized carbons (Fsp3) is 0.500. The third kappa shape index (κ3) is 2.13. The SMILES string of the molecule is CCCCNCc1cn2ccsc2n1. The summed E-state index contributed by atoms with van der Waals surface area (Å²) in [6.45, 7) is 4.17. The first-order valence-corrected chi connectivity index (χ1v) is 5.90. The van der Waals surface area contributed by atoms with Gasteiger partial charge in [0.1, 0.15) is 0 Å². The predicted molar refractivity (Wildman–Crippen MR) is 59.7 cm³/mol. The fourth-order valence-corrected chi connectivity index (χ4v) is 2.10. The fourth-order valence-electron chi connectivity index (χ4n) is 1.38. The van der Waals surface area contributed by atoms with Gasteiger partial charge in [-0.3, -0.25) is 4.40 Å². The molecule has 0 saturated heterocycles. The van der Waals surface area contributed by atoms with Crippen LogP contribution < -0.4 is 5.32 Å². The summed E-state index contributed by atoms with van der Waals surface area (Å²) in [6, 6.07) is 0. The second kappa shape index (κ2) is 4.57. The molecule has 0 aliphatic heterocycles. The average Bonchev–Trinajstić information content (AvgIpc) is 2.72. The maximum absolute atomic E-state index is 4.49. The van der Waals surface area contributed by atoms with Crippen molar-refractivity contribution in [2.24, 2.45) is 0 Å². The summed E-state index contributed by atoms with van der Waals surface area (Å²) in [5, 5.41) is 5.43. The lowest BCUT2D eigenvalue weighted by Crippen LogP contribution is -2.14. The standard InChI is InChI=1S/C10H15N3S/c1-2-3-4-11-7-9-8-13-5-6-14-10(13)12-9/h5-6,8,11H,2-4,7H2,1H3. The molecule has 2 aromatic heterocycles. The molecule has 2 rings (SSSR count). The summed E-state index contributed by atoms with van der Waals surface area (Å²) in [4.78, 5) is 5.57. The zero-order chi connectivity index (χ0) is 9.80. The molecular formula is C10H15N3S. The molecule has 0 amide bonds. The van der Waals surface area contributed by atoms with E-state index in [1.165, 1.54) is 12.8 Å². The molecule has 0 fully saturated rings. The Balaban J connectivity index is 1.89. The number of fused-ring (bicyclic) bond motifs is 1. The third-order valence-electron chi connectivity index (χ3n) is 2.16. The molecule has 0 aromatic carbocycles. The molecule has 0 atom stereocenters. The predicted octanol–water partition coefficient (Wildman–Crippen LogP) is 2.29. The maximum Gasteiger partial charge on any atom is 0.193 e. The summed E-state index contributed by atoms with van der Waals surface area (Å²) in [5.74, 6) is 0. The molecule has 0 aliphatic carbocycles. The molecule has 0 unspecified atom stereocenters. The van der Waals surface area contributed by atoms with E-state index in [1.54, 1.807) is 11.3 Å². The van der Waals surface area contributed by atoms with Crippen molar-refractivity contribution >= 4 is 16.3 Å². The number of aromatic nitrogens is 2. The largest absolute Gasteiger partial charge is 0.311 e. The van der Waals surface area contributed by atoms with E-state index in [0.29, 0.717) is 0 Å². The summed E-state index contributed by atoms with van der Waals surface area (Å²) < 4.78 is 2.07. The lowest BCUT2D eigenvalue weighted by Gasteiger charge is -1.99. The minimum Gasteiger partial charge on any atom is -0.311 e. The molecule has 2 aromatic rings. The summed E-state index contributed by atoms with van der Waals surface area (Å²) in [5.41, 5.74) is 1.13. The van der Waals surface area contributed by atoms with E-state index in [-0.39, 0.29) is 0 Å². The number of rotatable bonds is 5. The van der Waals surface area contributed by atoms with Crippen molar-refractivity contribution in [3.8, 4) is 0 Å². The molecule has 4 heteroatoms. The molecule has 0 saturated carbocycles. The van der Waals surface area contributed by atoms with E-state index in [0.717, 1.165) is 23.7 Å². The van der Waals surface area contributed by atoms with Crippen LogP contribution in [0.4, 0.5) is 0 Å². The number of nitrogens with zero attached hydrogens (tertiary/aromatic N) is 2. The van der Waals surface area contributed by atoms with Crippen LogP contribution in [-0.4, -0.2) is 15.9 Å². The number of nitrogens with one attached hydrogen (secondary N) is 1. The zero-order valence-corrected chi connectivity index (χ0v) is 9.18. The lowest BCUT2D eigenvalue weighted by atomic mass is 10.3. The van der Waals surface area contributed by atoms with Crippen molar-refractivity contribution in [1.29, 1.82) is 0 Å². The molecule has 0 aliphatic rings. The van der Waals surface area contributed by atoms with Gasteiger partial charge in [0.25, 0.3) is 0 Å². The molecule has 76 valence electrons. The summed E-state index contributed by atoms with van der Waals surface area (Å²) in [7, 11) is 0. The Morgan fingerprint density at radius 3 is 3.29 bits per heavy atom. The quantitative estimate of drug-likeness (QED) is 0.766. The molecule has 2 heterocycles. The van der Waals surface area contributed by atoms with Crippen LogP contribution in [0.1, 0.15) is 25.5 Å². The van der Waals surface area contributed by atoms with Crippen LogP contribution in [0.5, 0.6) is 0 Å². The highest BCUT2D eigenvalue weighted by atomic mass is 32.1. The average molecular weight is 209 g/mol. The molecule has 0 spiro atoms. The van der Waals surface area contributed by atoms with Crippen LogP contribution in [0.3, 0.4) is 0 Å². The van der Waals surface area contributed by atoms with Gasteiger partial charge >= 0.3 is 0 Å². The maximum atomic E-state index is 4.49. The van der Waals surface area contributed by atoms with Crippen LogP contribution in [0.2, 0.25) is 0 Å². The van der Waals surface area contributed by atoms with E-state index < -0.39 is 0 Å². The van der Waals surface area contributed by atoms with Crippen molar-refractivity contribution in [2.45, 2.75) is 26.3 Å². The Kier molecular flexibility index (Phi) is 3.16. The molecular weight excluding hydrogens is 194 g/mol. The van der Waals surface area contributed by atoms with Gasteiger partial charge in [0, 0.05) is 24.3 Å². The van der Waals surface area contributed by atoms with Crippen molar-refractivity contribution in [1.82, 2.24) is 14.7 Å². The third-order valence-corrected chi connectivity index (χ3v) is 2.93. The summed E-state index contributed by atoms with van der Waals surface area (Å²) >= 11 is 1.68. The zero-order valence-electron chi connectivity index (χ0n) is 8.36. The highest BCUT2D eigenvalue weighted by Crippen LogP contribution is 2.10. The molecule has 0 bridgehead atoms. The van der Waals surface area contributed by atoms with E-state index in [9.17, 15) is 0 Å². The molecule has 1 N–H and O–H groups in total. The number of thiazole rings is 1. The topological polar surface area (TPSA) is 29.3 Å². The van der Waals surface area contributed by atoms with Crippen molar-refractivity contribution in [3.63, 3.8) is 0 Å². The first-order valence-electron chi connectivity index (χ1n) is 5.02. The van der Waals surface area contributed by atoms with Gasteiger partial charge in [0.15, 0.2) is 4.96 Å². The minimum absolute atomic E-state index is 0.883. The Morgan fingerprint density at radius 2 is 2.50 bits per heavy atom. The number of hydrogen-bond donors (Lipinski definition) is 1. The number of imidazole rings is 1. The number of hydrogen-bond acceptors (Lipinski definition) is 3. The van der Waals surface area contributed by atoms with Crippen molar-refractivity contribution in [2.75, 3.05) is 6.54 Å². The highest BCUT2D eigenvalue weighted by molar-refractivity contribution is 7.15. The summed E-state index contributed by atoms with van der Waals surface area (Å²) in [6.07, 6.45) is 6.61. The van der Waals surface area contributed by atoms with Crippen LogP contribution in [0, 0.1) is 0 Å². The molecule has 14 heavy (non-hydrogen) atoms. The van der Waals surface area contributed by atoms with Gasteiger partial charge in [-0.05, 0) is 13.0 Å². The second-order valence-electron chi connectivity index (χ2n) is 3.36. The van der Waals surface area contributed by atoms with Gasteiger partial charge in [-0.15, -0.1) is 11.3 Å². The molecule has 0 radical (unpaired) electrons. The van der Waals surface area contributed by atoms with Gasteiger partial charge in [-0.1, -0.05) is 13.3 Å². The van der Waals surface area contributed by atoms with Gasteiger partial charge in [0.05, 0.1) is 5.69 Å². The Morgan fingerprint density at radius 1 is 1.57 bits per heavy atom. The van der Waals surface area contributed by atoms with Gasteiger partial charge in [-0.25, -0.2) is 4.98 Å². The minimum atomic E-state index is 0.883. The molecule has 3 nitrogen and oxygen atoms in total.